The molecule has 12 heavy (non-hydrogen) atoms. The molecule has 4 nitrogen and oxygen atoms in total. The second-order valence-corrected chi connectivity index (χ2v) is 3.67. The van der Waals surface area contributed by atoms with Gasteiger partial charge in [-0.2, -0.15) is 0 Å². The molecule has 1 atom stereocenters. The number of carbonyl (C=O) groups excluding carboxylic acids is 1. The SMILES string of the molecule is CNC(C(=O)O)C(=O)C(C)(C)C. The predicted octanol–water partition coefficient (Wildman–Crippen LogP) is 0.274. The smallest absolute Gasteiger partial charge is 0.328 e. The third kappa shape index (κ3) is 2.62. The van der Waals surface area contributed by atoms with Gasteiger partial charge in [0.2, 0.25) is 0 Å². The van der Waals surface area contributed by atoms with Crippen LogP contribution in [0.3, 0.4) is 0 Å². The van der Waals surface area contributed by atoms with E-state index in [2.05, 4.69) is 5.32 Å². The van der Waals surface area contributed by atoms with Crippen LogP contribution in [-0.2, 0) is 9.59 Å². The lowest BCUT2D eigenvalue weighted by Gasteiger charge is -2.21. The molecule has 0 aromatic rings. The first-order chi connectivity index (χ1) is 5.30. The number of likely N-dealkylation sites (N-methyl/N-ethyl adjacent to an activating group) is 1. The molecule has 0 aliphatic rings. The van der Waals surface area contributed by atoms with Gasteiger partial charge in [0.15, 0.2) is 11.8 Å². The Labute approximate surface area is 72.0 Å². The summed E-state index contributed by atoms with van der Waals surface area (Å²) < 4.78 is 0. The standard InChI is InChI=1S/C8H15NO3/c1-8(2,3)6(10)5(9-4)7(11)12/h5,9H,1-4H3,(H,11,12). The highest BCUT2D eigenvalue weighted by Crippen LogP contribution is 2.16. The third-order valence-electron chi connectivity index (χ3n) is 1.54. The molecule has 0 saturated heterocycles. The van der Waals surface area contributed by atoms with Crippen LogP contribution in [-0.4, -0.2) is 29.9 Å². The largest absolute Gasteiger partial charge is 0.480 e. The summed E-state index contributed by atoms with van der Waals surface area (Å²) in [6.45, 7) is 5.09. The number of rotatable bonds is 3. The van der Waals surface area contributed by atoms with E-state index in [9.17, 15) is 9.59 Å². The van der Waals surface area contributed by atoms with Gasteiger partial charge in [-0.15, -0.1) is 0 Å². The van der Waals surface area contributed by atoms with Crippen LogP contribution in [0, 0.1) is 5.41 Å². The highest BCUT2D eigenvalue weighted by molar-refractivity contribution is 6.04. The molecule has 0 aromatic heterocycles. The Hall–Kier alpha value is -0.900. The van der Waals surface area contributed by atoms with E-state index in [1.165, 1.54) is 7.05 Å². The van der Waals surface area contributed by atoms with Crippen LogP contribution >= 0.6 is 0 Å². The minimum atomic E-state index is -1.13. The molecule has 2 N–H and O–H groups in total. The van der Waals surface area contributed by atoms with Gasteiger partial charge in [0.05, 0.1) is 0 Å². The Morgan fingerprint density at radius 3 is 1.83 bits per heavy atom. The van der Waals surface area contributed by atoms with Crippen molar-refractivity contribution in [2.24, 2.45) is 5.41 Å². The summed E-state index contributed by atoms with van der Waals surface area (Å²) in [4.78, 5) is 21.9. The molecular weight excluding hydrogens is 158 g/mol. The fourth-order valence-corrected chi connectivity index (χ4v) is 0.800. The van der Waals surface area contributed by atoms with Crippen molar-refractivity contribution in [2.75, 3.05) is 7.05 Å². The first kappa shape index (κ1) is 11.1. The zero-order valence-electron chi connectivity index (χ0n) is 7.84. The first-order valence-corrected chi connectivity index (χ1v) is 3.75. The van der Waals surface area contributed by atoms with Gasteiger partial charge in [0, 0.05) is 5.41 Å². The van der Waals surface area contributed by atoms with Crippen molar-refractivity contribution >= 4 is 11.8 Å². The summed E-state index contributed by atoms with van der Waals surface area (Å²) in [5, 5.41) is 11.1. The molecule has 1 unspecified atom stereocenters. The molecule has 0 aliphatic heterocycles. The Morgan fingerprint density at radius 2 is 1.75 bits per heavy atom. The summed E-state index contributed by atoms with van der Waals surface area (Å²) in [5.74, 6) is -1.44. The minimum absolute atomic E-state index is 0.308. The lowest BCUT2D eigenvalue weighted by atomic mass is 9.86. The van der Waals surface area contributed by atoms with Crippen LogP contribution in [0.5, 0.6) is 0 Å². The van der Waals surface area contributed by atoms with Crippen molar-refractivity contribution < 1.29 is 14.7 Å². The van der Waals surface area contributed by atoms with Crippen LogP contribution in [0.25, 0.3) is 0 Å². The molecule has 0 aliphatic carbocycles. The number of hydrogen-bond acceptors (Lipinski definition) is 3. The Morgan fingerprint density at radius 1 is 1.33 bits per heavy atom. The number of carbonyl (C=O) groups is 2. The lowest BCUT2D eigenvalue weighted by molar-refractivity contribution is -0.145. The van der Waals surface area contributed by atoms with E-state index in [0.717, 1.165) is 0 Å². The van der Waals surface area contributed by atoms with E-state index in [1.54, 1.807) is 20.8 Å². The number of aliphatic carboxylic acids is 1. The van der Waals surface area contributed by atoms with Gasteiger partial charge in [-0.1, -0.05) is 20.8 Å². The number of carboxylic acids is 1. The van der Waals surface area contributed by atoms with Gasteiger partial charge >= 0.3 is 5.97 Å². The number of ketones is 1. The third-order valence-corrected chi connectivity index (χ3v) is 1.54. The van der Waals surface area contributed by atoms with E-state index in [1.807, 2.05) is 0 Å². The average Bonchev–Trinajstić information content (AvgIpc) is 1.86. The number of Topliss-reactive ketones (excluding diaryl/α,β-unsaturated/α-hetero) is 1. The molecule has 4 heteroatoms. The average molecular weight is 173 g/mol. The Bertz CT molecular complexity index is 193. The summed E-state index contributed by atoms with van der Waals surface area (Å²) in [6, 6.07) is -1.09. The molecule has 70 valence electrons. The first-order valence-electron chi connectivity index (χ1n) is 3.75. The summed E-state index contributed by atoms with van der Waals surface area (Å²) >= 11 is 0. The normalized spacial score (nSPS) is 14.0. The summed E-state index contributed by atoms with van der Waals surface area (Å²) in [5.41, 5.74) is -0.619. The molecule has 0 radical (unpaired) electrons. The van der Waals surface area contributed by atoms with E-state index in [-0.39, 0.29) is 5.78 Å². The zero-order valence-corrected chi connectivity index (χ0v) is 7.84. The van der Waals surface area contributed by atoms with Crippen molar-refractivity contribution in [3.05, 3.63) is 0 Å². The predicted molar refractivity (Wildman–Crippen MR) is 44.9 cm³/mol. The maximum atomic E-state index is 11.4. The zero-order chi connectivity index (χ0) is 9.94. The van der Waals surface area contributed by atoms with Crippen molar-refractivity contribution in [1.29, 1.82) is 0 Å². The Kier molecular flexibility index (Phi) is 3.39. The second-order valence-electron chi connectivity index (χ2n) is 3.67. The number of nitrogens with one attached hydrogen (secondary N) is 1. The van der Waals surface area contributed by atoms with Crippen molar-refractivity contribution in [3.63, 3.8) is 0 Å². The van der Waals surface area contributed by atoms with Crippen molar-refractivity contribution in [1.82, 2.24) is 5.32 Å². The fraction of sp³-hybridized carbons (Fsp3) is 0.750. The lowest BCUT2D eigenvalue weighted by Crippen LogP contribution is -2.46. The number of hydrogen-bond donors (Lipinski definition) is 2. The highest BCUT2D eigenvalue weighted by atomic mass is 16.4. The maximum absolute atomic E-state index is 11.4. The maximum Gasteiger partial charge on any atom is 0.328 e. The highest BCUT2D eigenvalue weighted by Gasteiger charge is 2.33. The molecule has 0 fully saturated rings. The van der Waals surface area contributed by atoms with Crippen molar-refractivity contribution in [2.45, 2.75) is 26.8 Å². The summed E-state index contributed by atoms with van der Waals surface area (Å²) in [7, 11) is 1.46. The van der Waals surface area contributed by atoms with Gasteiger partial charge < -0.3 is 10.4 Å². The Balaban J connectivity index is 4.55. The van der Waals surface area contributed by atoms with Crippen LogP contribution < -0.4 is 5.32 Å². The fourth-order valence-electron chi connectivity index (χ4n) is 0.800. The van der Waals surface area contributed by atoms with Gasteiger partial charge in [-0.25, -0.2) is 0 Å². The van der Waals surface area contributed by atoms with Crippen LogP contribution in [0.15, 0.2) is 0 Å². The molecule has 0 saturated carbocycles. The van der Waals surface area contributed by atoms with Gasteiger partial charge in [0.1, 0.15) is 0 Å². The van der Waals surface area contributed by atoms with E-state index in [4.69, 9.17) is 5.11 Å². The molecule has 0 rings (SSSR count). The van der Waals surface area contributed by atoms with Crippen LogP contribution in [0.4, 0.5) is 0 Å². The number of carboxylic acid groups (broad SMARTS) is 1. The topological polar surface area (TPSA) is 66.4 Å². The quantitative estimate of drug-likeness (QED) is 0.601. The summed E-state index contributed by atoms with van der Waals surface area (Å²) in [6.07, 6.45) is 0. The molecule has 0 amide bonds. The van der Waals surface area contributed by atoms with Crippen LogP contribution in [0.2, 0.25) is 0 Å². The molecule has 0 aromatic carbocycles. The van der Waals surface area contributed by atoms with E-state index >= 15 is 0 Å². The van der Waals surface area contributed by atoms with Gasteiger partial charge in [-0.05, 0) is 7.05 Å². The molecule has 0 bridgehead atoms. The van der Waals surface area contributed by atoms with E-state index in [0.29, 0.717) is 0 Å². The molecular formula is C8H15NO3. The van der Waals surface area contributed by atoms with Gasteiger partial charge in [0.25, 0.3) is 0 Å². The monoisotopic (exact) mass is 173 g/mol. The van der Waals surface area contributed by atoms with Crippen LogP contribution in [0.1, 0.15) is 20.8 Å². The molecule has 0 heterocycles. The molecule has 0 spiro atoms. The second kappa shape index (κ2) is 3.67. The van der Waals surface area contributed by atoms with Gasteiger partial charge in [-0.3, -0.25) is 9.59 Å². The van der Waals surface area contributed by atoms with E-state index < -0.39 is 17.4 Å². The van der Waals surface area contributed by atoms with Crippen molar-refractivity contribution in [3.8, 4) is 0 Å². The minimum Gasteiger partial charge on any atom is -0.480 e.